The van der Waals surface area contributed by atoms with Gasteiger partial charge in [0.05, 0.1) is 25.2 Å². The first kappa shape index (κ1) is 42.8. The van der Waals surface area contributed by atoms with Gasteiger partial charge in [0.15, 0.2) is 16.6 Å². The lowest BCUT2D eigenvalue weighted by Gasteiger charge is -2.46. The number of ketones is 1. The van der Waals surface area contributed by atoms with Gasteiger partial charge in [0, 0.05) is 35.7 Å². The molecule has 0 aliphatic carbocycles. The molecule has 6 atom stereocenters. The number of hydrogen-bond donors (Lipinski definition) is 0. The molecule has 0 bridgehead atoms. The number of carbonyl (C=O) groups excluding carboxylic acids is 3. The van der Waals surface area contributed by atoms with Crippen molar-refractivity contribution in [3.8, 4) is 0 Å². The number of ether oxygens (including phenoxy) is 2. The second-order valence-corrected chi connectivity index (χ2v) is 27.2. The van der Waals surface area contributed by atoms with Crippen LogP contribution in [0, 0.1) is 23.2 Å². The SMILES string of the molecule is C[C@H](/C=C/c1ccccc1)[C@@H]1C/C=C\C(=O)OC[C@H](C)[C@H](O[Si](C)(C)C(C)(C)C)[C@@H](C)C(=O)C(C)(C)[C@@H](O[Si](C)(C)C(C)(C)C)CC(=O)O1. The van der Waals surface area contributed by atoms with Gasteiger partial charge in [-0.3, -0.25) is 9.59 Å². The van der Waals surface area contributed by atoms with Crippen LogP contribution in [0.5, 0.6) is 0 Å². The minimum absolute atomic E-state index is 0.0476. The quantitative estimate of drug-likeness (QED) is 0.205. The fraction of sp³-hybridized carbons (Fsp3) is 0.675. The number of carbonyl (C=O) groups is 3. The number of esters is 2. The van der Waals surface area contributed by atoms with Crippen molar-refractivity contribution in [1.29, 1.82) is 0 Å². The van der Waals surface area contributed by atoms with Crippen LogP contribution in [-0.2, 0) is 32.7 Å². The zero-order valence-corrected chi connectivity index (χ0v) is 35.1. The Bertz CT molecular complexity index is 1320. The highest BCUT2D eigenvalue weighted by Crippen LogP contribution is 2.44. The monoisotopic (exact) mass is 714 g/mol. The highest BCUT2D eigenvalue weighted by Gasteiger charge is 2.50. The first-order valence-corrected chi connectivity index (χ1v) is 23.8. The average molecular weight is 715 g/mol. The number of benzene rings is 1. The summed E-state index contributed by atoms with van der Waals surface area (Å²) in [5.74, 6) is -1.94. The molecule has 0 saturated carbocycles. The third-order valence-electron chi connectivity index (χ3n) is 11.1. The Hall–Kier alpha value is -2.34. The van der Waals surface area contributed by atoms with Crippen LogP contribution in [0.1, 0.15) is 94.6 Å². The van der Waals surface area contributed by atoms with Crippen molar-refractivity contribution in [2.75, 3.05) is 6.61 Å². The number of rotatable bonds is 7. The Morgan fingerprint density at radius 1 is 0.898 bits per heavy atom. The standard InChI is InChI=1S/C40H66O7Si2/c1-28(24-25-31-20-17-16-18-21-31)32-22-19-23-34(41)44-27-29(2)36(47-49(14,15)39(7,8)9)30(3)37(43)40(10,11)33(26-35(42)45-32)46-48(12,13)38(4,5)6/h16-21,23-25,28-30,32-33,36H,22,26-27H2,1-15H3/b23-19-,25-24+/t28-,29+,30-,32+,33+,36+/m1/s1. The topological polar surface area (TPSA) is 88.1 Å². The Balaban J connectivity index is 2.62. The molecule has 0 unspecified atom stereocenters. The fourth-order valence-corrected chi connectivity index (χ4v) is 8.36. The highest BCUT2D eigenvalue weighted by molar-refractivity contribution is 6.74. The molecule has 2 rings (SSSR count). The average Bonchev–Trinajstić information content (AvgIpc) is 2.98. The van der Waals surface area contributed by atoms with Crippen LogP contribution >= 0.6 is 0 Å². The van der Waals surface area contributed by atoms with E-state index in [2.05, 4.69) is 67.7 Å². The van der Waals surface area contributed by atoms with E-state index < -0.39 is 58.2 Å². The molecule has 49 heavy (non-hydrogen) atoms. The van der Waals surface area contributed by atoms with Gasteiger partial charge in [-0.1, -0.05) is 125 Å². The largest absolute Gasteiger partial charge is 0.462 e. The minimum atomic E-state index is -2.44. The summed E-state index contributed by atoms with van der Waals surface area (Å²) in [7, 11) is -4.78. The summed E-state index contributed by atoms with van der Waals surface area (Å²) < 4.78 is 25.8. The predicted octanol–water partition coefficient (Wildman–Crippen LogP) is 9.79. The first-order chi connectivity index (χ1) is 22.3. The molecule has 0 fully saturated rings. The van der Waals surface area contributed by atoms with E-state index in [0.717, 1.165) is 5.56 Å². The summed E-state index contributed by atoms with van der Waals surface area (Å²) in [5, 5.41) is -0.241. The van der Waals surface area contributed by atoms with Gasteiger partial charge in [-0.2, -0.15) is 0 Å². The lowest BCUT2D eigenvalue weighted by molar-refractivity contribution is -0.156. The molecule has 276 valence electrons. The van der Waals surface area contributed by atoms with Crippen LogP contribution in [0.15, 0.2) is 48.6 Å². The van der Waals surface area contributed by atoms with Gasteiger partial charge < -0.3 is 18.3 Å². The smallest absolute Gasteiger partial charge is 0.330 e. The Labute approximate surface area is 299 Å². The van der Waals surface area contributed by atoms with E-state index >= 15 is 0 Å². The van der Waals surface area contributed by atoms with Gasteiger partial charge in [0.1, 0.15) is 11.9 Å². The van der Waals surface area contributed by atoms with Gasteiger partial charge >= 0.3 is 11.9 Å². The number of cyclic esters (lactones) is 2. The summed E-state index contributed by atoms with van der Waals surface area (Å²) in [4.78, 5) is 41.5. The zero-order chi connectivity index (χ0) is 37.6. The minimum Gasteiger partial charge on any atom is -0.462 e. The molecular weight excluding hydrogens is 649 g/mol. The van der Waals surface area contributed by atoms with Gasteiger partial charge in [-0.25, -0.2) is 4.79 Å². The second-order valence-electron chi connectivity index (χ2n) is 17.7. The van der Waals surface area contributed by atoms with E-state index in [9.17, 15) is 14.4 Å². The molecule has 9 heteroatoms. The molecule has 0 aromatic heterocycles. The number of hydrogen-bond acceptors (Lipinski definition) is 7. The maximum atomic E-state index is 14.8. The summed E-state index contributed by atoms with van der Waals surface area (Å²) in [6, 6.07) is 9.93. The molecule has 1 aromatic carbocycles. The normalized spacial score (nSPS) is 27.0. The van der Waals surface area contributed by atoms with Crippen LogP contribution < -0.4 is 0 Å². The van der Waals surface area contributed by atoms with Crippen molar-refractivity contribution < 1.29 is 32.7 Å². The van der Waals surface area contributed by atoms with Crippen LogP contribution in [0.3, 0.4) is 0 Å². The van der Waals surface area contributed by atoms with E-state index in [1.54, 1.807) is 6.08 Å². The molecule has 0 saturated heterocycles. The van der Waals surface area contributed by atoms with E-state index in [1.807, 2.05) is 77.1 Å². The third kappa shape index (κ3) is 11.9. The van der Waals surface area contributed by atoms with Crippen molar-refractivity contribution in [3.63, 3.8) is 0 Å². The van der Waals surface area contributed by atoms with Crippen LogP contribution in [-0.4, -0.2) is 59.3 Å². The van der Waals surface area contributed by atoms with E-state index in [1.165, 1.54) is 6.08 Å². The van der Waals surface area contributed by atoms with Crippen molar-refractivity contribution in [2.45, 2.75) is 144 Å². The van der Waals surface area contributed by atoms with Gasteiger partial charge in [0.2, 0.25) is 0 Å². The fourth-order valence-electron chi connectivity index (χ4n) is 5.44. The Morgan fingerprint density at radius 3 is 2.00 bits per heavy atom. The molecule has 7 nitrogen and oxygen atoms in total. The van der Waals surface area contributed by atoms with Crippen molar-refractivity contribution >= 4 is 40.4 Å². The summed E-state index contributed by atoms with van der Waals surface area (Å²) in [6.45, 7) is 31.3. The van der Waals surface area contributed by atoms with E-state index in [0.29, 0.717) is 6.42 Å². The molecule has 0 spiro atoms. The second kappa shape index (κ2) is 16.8. The van der Waals surface area contributed by atoms with E-state index in [4.69, 9.17) is 18.3 Å². The maximum absolute atomic E-state index is 14.8. The summed E-state index contributed by atoms with van der Waals surface area (Å²) in [5.41, 5.74) is -0.0137. The molecule has 0 amide bonds. The molecule has 1 aliphatic rings. The van der Waals surface area contributed by atoms with Gasteiger partial charge in [-0.05, 0) is 41.8 Å². The molecule has 1 heterocycles. The Kier molecular flexibility index (Phi) is 14.7. The van der Waals surface area contributed by atoms with Gasteiger partial charge in [-0.15, -0.1) is 0 Å². The summed E-state index contributed by atoms with van der Waals surface area (Å²) in [6.07, 6.45) is 5.63. The lowest BCUT2D eigenvalue weighted by atomic mass is 9.73. The van der Waals surface area contributed by atoms with Crippen LogP contribution in [0.4, 0.5) is 0 Å². The highest BCUT2D eigenvalue weighted by atomic mass is 28.4. The van der Waals surface area contributed by atoms with Crippen LogP contribution in [0.2, 0.25) is 36.3 Å². The van der Waals surface area contributed by atoms with Crippen molar-refractivity contribution in [2.24, 2.45) is 23.2 Å². The molecule has 0 N–H and O–H groups in total. The predicted molar refractivity (Wildman–Crippen MR) is 205 cm³/mol. The van der Waals surface area contributed by atoms with E-state index in [-0.39, 0.29) is 40.7 Å². The number of Topliss-reactive ketones (excluding diaryl/α,β-unsaturated/α-hetero) is 1. The molecule has 0 radical (unpaired) electrons. The third-order valence-corrected chi connectivity index (χ3v) is 20.1. The van der Waals surface area contributed by atoms with Crippen LogP contribution in [0.25, 0.3) is 6.08 Å². The zero-order valence-electron chi connectivity index (χ0n) is 33.1. The van der Waals surface area contributed by atoms with Crippen molar-refractivity contribution in [3.05, 3.63) is 54.1 Å². The molecular formula is C40H66O7Si2. The first-order valence-electron chi connectivity index (χ1n) is 18.0. The maximum Gasteiger partial charge on any atom is 0.330 e. The van der Waals surface area contributed by atoms with Crippen molar-refractivity contribution in [1.82, 2.24) is 0 Å². The summed E-state index contributed by atoms with van der Waals surface area (Å²) >= 11 is 0. The Morgan fingerprint density at radius 2 is 1.45 bits per heavy atom. The molecule has 1 aromatic rings. The van der Waals surface area contributed by atoms with Gasteiger partial charge in [0.25, 0.3) is 0 Å². The lowest BCUT2D eigenvalue weighted by Crippen LogP contribution is -2.54. The molecule has 1 aliphatic heterocycles.